The van der Waals surface area contributed by atoms with Crippen LogP contribution in [0.25, 0.3) is 22.2 Å². The van der Waals surface area contributed by atoms with Gasteiger partial charge in [0.05, 0.1) is 11.2 Å². The molecule has 2 heterocycles. The molecule has 1 aliphatic rings. The van der Waals surface area contributed by atoms with Gasteiger partial charge in [0.15, 0.2) is 11.5 Å². The van der Waals surface area contributed by atoms with E-state index in [1.807, 2.05) is 42.5 Å². The van der Waals surface area contributed by atoms with Crippen LogP contribution in [0.3, 0.4) is 0 Å². The molecule has 6 heteroatoms. The minimum absolute atomic E-state index is 0.222. The Hall–Kier alpha value is -3.93. The van der Waals surface area contributed by atoms with Crippen molar-refractivity contribution >= 4 is 22.5 Å². The predicted molar refractivity (Wildman–Crippen MR) is 110 cm³/mol. The second-order valence-corrected chi connectivity index (χ2v) is 6.60. The van der Waals surface area contributed by atoms with Gasteiger partial charge >= 0.3 is 0 Å². The van der Waals surface area contributed by atoms with Crippen molar-refractivity contribution < 1.29 is 14.3 Å². The summed E-state index contributed by atoms with van der Waals surface area (Å²) in [5.41, 5.74) is 3.48. The summed E-state index contributed by atoms with van der Waals surface area (Å²) < 4.78 is 11.1. The van der Waals surface area contributed by atoms with Crippen molar-refractivity contribution in [3.05, 3.63) is 78.6 Å². The van der Waals surface area contributed by atoms with E-state index in [-0.39, 0.29) is 5.91 Å². The number of carbonyl (C=O) groups is 1. The fraction of sp³-hybridized carbons (Fsp3) is 0.0870. The van der Waals surface area contributed by atoms with E-state index >= 15 is 0 Å². The van der Waals surface area contributed by atoms with Crippen molar-refractivity contribution in [2.45, 2.75) is 0 Å². The second kappa shape index (κ2) is 7.24. The van der Waals surface area contributed by atoms with E-state index in [1.54, 1.807) is 24.3 Å². The fourth-order valence-electron chi connectivity index (χ4n) is 3.43. The normalized spacial score (nSPS) is 12.6. The molecular weight excluding hydrogens is 366 g/mol. The number of benzene rings is 3. The first-order valence-corrected chi connectivity index (χ1v) is 9.30. The highest BCUT2D eigenvalue weighted by atomic mass is 16.6. The molecule has 142 valence electrons. The zero-order chi connectivity index (χ0) is 19.6. The van der Waals surface area contributed by atoms with Crippen molar-refractivity contribution in [2.75, 3.05) is 18.5 Å². The van der Waals surface area contributed by atoms with Gasteiger partial charge in [-0.05, 0) is 24.3 Å². The molecule has 29 heavy (non-hydrogen) atoms. The van der Waals surface area contributed by atoms with Crippen LogP contribution in [0, 0.1) is 0 Å². The number of nitrogens with one attached hydrogen (secondary N) is 1. The summed E-state index contributed by atoms with van der Waals surface area (Å²) in [6.07, 6.45) is 1.52. The van der Waals surface area contributed by atoms with E-state index in [0.717, 1.165) is 22.2 Å². The van der Waals surface area contributed by atoms with Crippen LogP contribution < -0.4 is 14.8 Å². The zero-order valence-electron chi connectivity index (χ0n) is 15.5. The van der Waals surface area contributed by atoms with E-state index < -0.39 is 0 Å². The summed E-state index contributed by atoms with van der Waals surface area (Å²) in [5.74, 6) is 1.09. The molecule has 1 aromatic heterocycles. The van der Waals surface area contributed by atoms with Gasteiger partial charge in [0.25, 0.3) is 5.91 Å². The molecule has 0 spiro atoms. The standard InChI is InChI=1S/C23H17N3O3/c27-23(26-15-9-10-20-21(13-15)29-12-11-28-20)17-6-2-1-5-16(17)22-18-7-3-4-8-19(18)24-14-25-22/h1-10,13-14H,11-12H2,(H,26,27). The molecule has 0 radical (unpaired) electrons. The van der Waals surface area contributed by atoms with Crippen molar-refractivity contribution in [2.24, 2.45) is 0 Å². The van der Waals surface area contributed by atoms with Crippen molar-refractivity contribution in [3.8, 4) is 22.8 Å². The van der Waals surface area contributed by atoms with Crippen molar-refractivity contribution in [1.82, 2.24) is 9.97 Å². The maximum Gasteiger partial charge on any atom is 0.256 e. The SMILES string of the molecule is O=C(Nc1ccc2c(c1)OCCO2)c1ccccc1-c1ncnc2ccccc12. The first kappa shape index (κ1) is 17.2. The predicted octanol–water partition coefficient (Wildman–Crippen LogP) is 4.32. The number of carbonyl (C=O) groups excluding carboxylic acids is 1. The quantitative estimate of drug-likeness (QED) is 0.570. The molecule has 6 nitrogen and oxygen atoms in total. The van der Waals surface area contributed by atoms with E-state index in [0.29, 0.717) is 36.0 Å². The molecule has 0 atom stereocenters. The van der Waals surface area contributed by atoms with Gasteiger partial charge in [-0.2, -0.15) is 0 Å². The molecule has 0 fully saturated rings. The number of ether oxygens (including phenoxy) is 2. The van der Waals surface area contributed by atoms with Gasteiger partial charge in [-0.1, -0.05) is 36.4 Å². The highest BCUT2D eigenvalue weighted by Crippen LogP contribution is 2.33. The molecule has 0 bridgehead atoms. The van der Waals surface area contributed by atoms with E-state index in [1.165, 1.54) is 6.33 Å². The molecule has 0 aliphatic carbocycles. The number of aromatic nitrogens is 2. The summed E-state index contributed by atoms with van der Waals surface area (Å²) in [4.78, 5) is 21.9. The highest BCUT2D eigenvalue weighted by Gasteiger charge is 2.17. The first-order chi connectivity index (χ1) is 14.3. The lowest BCUT2D eigenvalue weighted by molar-refractivity contribution is 0.102. The summed E-state index contributed by atoms with van der Waals surface area (Å²) in [7, 11) is 0. The molecule has 1 N–H and O–H groups in total. The average Bonchev–Trinajstić information content (AvgIpc) is 2.78. The summed E-state index contributed by atoms with van der Waals surface area (Å²) in [6.45, 7) is 1.02. The Labute approximate surface area is 167 Å². The van der Waals surface area contributed by atoms with Crippen LogP contribution in [0.1, 0.15) is 10.4 Å². The monoisotopic (exact) mass is 383 g/mol. The molecule has 0 saturated heterocycles. The van der Waals surface area contributed by atoms with Crippen molar-refractivity contribution in [3.63, 3.8) is 0 Å². The second-order valence-electron chi connectivity index (χ2n) is 6.60. The number of hydrogen-bond donors (Lipinski definition) is 1. The summed E-state index contributed by atoms with van der Waals surface area (Å²) >= 11 is 0. The average molecular weight is 383 g/mol. The maximum atomic E-state index is 13.1. The van der Waals surface area contributed by atoms with Gasteiger partial charge in [-0.25, -0.2) is 9.97 Å². The third kappa shape index (κ3) is 3.25. The lowest BCUT2D eigenvalue weighted by atomic mass is 10.0. The summed E-state index contributed by atoms with van der Waals surface area (Å²) in [5, 5.41) is 3.85. The Balaban J connectivity index is 1.52. The molecule has 5 rings (SSSR count). The Bertz CT molecular complexity index is 1220. The van der Waals surface area contributed by atoms with Gasteiger partial charge in [-0.15, -0.1) is 0 Å². The van der Waals surface area contributed by atoms with Crippen LogP contribution in [0.2, 0.25) is 0 Å². The molecular formula is C23H17N3O3. The van der Waals surface area contributed by atoms with Crippen molar-refractivity contribution in [1.29, 1.82) is 0 Å². The van der Waals surface area contributed by atoms with Gasteiger partial charge in [-0.3, -0.25) is 4.79 Å². The lowest BCUT2D eigenvalue weighted by Gasteiger charge is -2.19. The number of para-hydroxylation sites is 1. The van der Waals surface area contributed by atoms with Gasteiger partial charge in [0.2, 0.25) is 0 Å². The summed E-state index contributed by atoms with van der Waals surface area (Å²) in [6, 6.07) is 20.5. The largest absolute Gasteiger partial charge is 0.486 e. The minimum atomic E-state index is -0.222. The third-order valence-corrected chi connectivity index (χ3v) is 4.77. The molecule has 0 saturated carbocycles. The number of nitrogens with zero attached hydrogens (tertiary/aromatic N) is 2. The fourth-order valence-corrected chi connectivity index (χ4v) is 3.43. The number of amides is 1. The molecule has 0 unspecified atom stereocenters. The third-order valence-electron chi connectivity index (χ3n) is 4.77. The van der Waals surface area contributed by atoms with Crippen LogP contribution in [0.5, 0.6) is 11.5 Å². The van der Waals surface area contributed by atoms with Gasteiger partial charge in [0, 0.05) is 28.3 Å². The number of rotatable bonds is 3. The Morgan fingerprint density at radius 3 is 2.59 bits per heavy atom. The molecule has 4 aromatic rings. The lowest BCUT2D eigenvalue weighted by Crippen LogP contribution is -2.17. The number of anilines is 1. The number of hydrogen-bond acceptors (Lipinski definition) is 5. The van der Waals surface area contributed by atoms with E-state index in [2.05, 4.69) is 15.3 Å². The maximum absolute atomic E-state index is 13.1. The number of fused-ring (bicyclic) bond motifs is 2. The molecule has 1 aliphatic heterocycles. The molecule has 3 aromatic carbocycles. The van der Waals surface area contributed by atoms with Crippen LogP contribution in [-0.4, -0.2) is 29.1 Å². The topological polar surface area (TPSA) is 73.3 Å². The van der Waals surface area contributed by atoms with Gasteiger partial charge in [0.1, 0.15) is 19.5 Å². The Morgan fingerprint density at radius 2 is 1.66 bits per heavy atom. The first-order valence-electron chi connectivity index (χ1n) is 9.30. The Kier molecular flexibility index (Phi) is 4.29. The zero-order valence-corrected chi connectivity index (χ0v) is 15.5. The minimum Gasteiger partial charge on any atom is -0.486 e. The van der Waals surface area contributed by atoms with Crippen LogP contribution in [-0.2, 0) is 0 Å². The van der Waals surface area contributed by atoms with E-state index in [4.69, 9.17) is 9.47 Å². The highest BCUT2D eigenvalue weighted by molar-refractivity contribution is 6.10. The van der Waals surface area contributed by atoms with E-state index in [9.17, 15) is 4.79 Å². The van der Waals surface area contributed by atoms with Crippen LogP contribution in [0.15, 0.2) is 73.1 Å². The smallest absolute Gasteiger partial charge is 0.256 e. The van der Waals surface area contributed by atoms with Crippen LogP contribution in [0.4, 0.5) is 5.69 Å². The Morgan fingerprint density at radius 1 is 0.862 bits per heavy atom. The van der Waals surface area contributed by atoms with Crippen LogP contribution >= 0.6 is 0 Å². The van der Waals surface area contributed by atoms with Gasteiger partial charge < -0.3 is 14.8 Å². The molecule has 1 amide bonds.